The fourth-order valence-corrected chi connectivity index (χ4v) is 3.87. The van der Waals surface area contributed by atoms with Crippen molar-refractivity contribution >= 4 is 31.1 Å². The first-order valence-corrected chi connectivity index (χ1v) is 8.25. The Morgan fingerprint density at radius 2 is 1.80 bits per heavy atom. The molecule has 0 fully saturated rings. The van der Waals surface area contributed by atoms with E-state index in [9.17, 15) is 0 Å². The molecule has 0 aliphatic rings. The molecule has 0 aliphatic heterocycles. The van der Waals surface area contributed by atoms with Crippen molar-refractivity contribution in [1.29, 1.82) is 0 Å². The summed E-state index contributed by atoms with van der Waals surface area (Å²) in [5, 5.41) is 0. The van der Waals surface area contributed by atoms with Crippen LogP contribution in [-0.2, 0) is 0 Å². The van der Waals surface area contributed by atoms with Crippen molar-refractivity contribution in [3.05, 3.63) is 0 Å². The van der Waals surface area contributed by atoms with Crippen LogP contribution in [-0.4, -0.2) is 13.1 Å². The Morgan fingerprint density at radius 3 is 2.10 bits per heavy atom. The molecule has 0 radical (unpaired) electrons. The van der Waals surface area contributed by atoms with Gasteiger partial charge in [0.25, 0.3) is 0 Å². The molecule has 0 aromatic heterocycles. The molecule has 0 unspecified atom stereocenters. The van der Waals surface area contributed by atoms with Gasteiger partial charge in [0.1, 0.15) is 0 Å². The number of rotatable bonds is 5. The summed E-state index contributed by atoms with van der Waals surface area (Å²) < 4.78 is 0. The van der Waals surface area contributed by atoms with Gasteiger partial charge in [-0.2, -0.15) is 23.7 Å². The fraction of sp³-hybridized carbons (Fsp3) is 1.00. The molecule has 0 rings (SSSR count). The third kappa shape index (κ3) is 3.89. The number of thiol groups is 1. The Bertz CT molecular complexity index is 83.7. The number of hydrogen-bond donors (Lipinski definition) is 1. The van der Waals surface area contributed by atoms with Crippen LogP contribution in [0.5, 0.6) is 0 Å². The van der Waals surface area contributed by atoms with Gasteiger partial charge in [-0.25, -0.2) is 0 Å². The van der Waals surface area contributed by atoms with Crippen LogP contribution in [0, 0.1) is 0 Å². The van der Waals surface area contributed by atoms with Crippen LogP contribution >= 0.6 is 23.7 Å². The molecule has 0 aliphatic carbocycles. The minimum atomic E-state index is -1.29. The number of hydrogen-bond acceptors (Lipinski definition) is 1. The summed E-state index contributed by atoms with van der Waals surface area (Å²) in [5.41, 5.74) is 0. The Labute approximate surface area is 75.5 Å². The predicted molar refractivity (Wildman–Crippen MR) is 55.8 cm³/mol. The summed E-state index contributed by atoms with van der Waals surface area (Å²) in [4.78, 5) is 0. The van der Waals surface area contributed by atoms with Gasteiger partial charge in [0, 0.05) is 0 Å². The zero-order valence-electron chi connectivity index (χ0n) is 6.86. The molecule has 0 amide bonds. The normalized spacial score (nSPS) is 12.0. The molecular weight excluding hydrogens is 180 g/mol. The van der Waals surface area contributed by atoms with E-state index in [0.29, 0.717) is 0 Å². The molecule has 0 N–H and O–H groups in total. The second-order valence-electron chi connectivity index (χ2n) is 2.69. The average molecular weight is 197 g/mol. The van der Waals surface area contributed by atoms with E-state index in [1.807, 2.05) is 0 Å². The zero-order chi connectivity index (χ0) is 8.04. The van der Waals surface area contributed by atoms with Crippen LogP contribution in [0.1, 0.15) is 20.3 Å². The Balaban J connectivity index is 3.58. The van der Waals surface area contributed by atoms with Gasteiger partial charge < -0.3 is 0 Å². The van der Waals surface area contributed by atoms with Crippen molar-refractivity contribution in [3.63, 3.8) is 0 Å². The monoisotopic (exact) mass is 196 g/mol. The van der Waals surface area contributed by atoms with Crippen LogP contribution < -0.4 is 0 Å². The highest BCUT2D eigenvalue weighted by molar-refractivity contribution is 7.80. The lowest BCUT2D eigenvalue weighted by Gasteiger charge is -2.19. The van der Waals surface area contributed by atoms with Crippen molar-refractivity contribution in [2.24, 2.45) is 0 Å². The minimum absolute atomic E-state index is 0.988. The smallest absolute Gasteiger partial charge is 0.156 e. The topological polar surface area (TPSA) is 0 Å². The van der Waals surface area contributed by atoms with Gasteiger partial charge in [-0.05, 0) is 30.3 Å². The van der Waals surface area contributed by atoms with Gasteiger partial charge in [-0.15, -0.1) is 0 Å². The molecule has 0 aromatic rings. The summed E-state index contributed by atoms with van der Waals surface area (Å²) in [5.74, 6) is 0.988. The van der Waals surface area contributed by atoms with Crippen LogP contribution in [0.3, 0.4) is 0 Å². The average Bonchev–Trinajstić information content (AvgIpc) is 2.00. The summed E-state index contributed by atoms with van der Waals surface area (Å²) in [6, 6.07) is 3.66. The van der Waals surface area contributed by atoms with Crippen molar-refractivity contribution in [2.45, 2.75) is 38.4 Å². The molecule has 0 saturated carbocycles. The first-order valence-electron chi connectivity index (χ1n) is 3.98. The molecule has 0 nitrogen and oxygen atoms in total. The minimum Gasteiger partial charge on any atom is -0.179 e. The highest BCUT2D eigenvalue weighted by atomic mass is 35.6. The molecule has 0 saturated heterocycles. The van der Waals surface area contributed by atoms with Crippen molar-refractivity contribution < 1.29 is 0 Å². The van der Waals surface area contributed by atoms with E-state index in [1.165, 1.54) is 24.6 Å². The summed E-state index contributed by atoms with van der Waals surface area (Å²) in [6.45, 7) is 4.42. The third-order valence-corrected chi connectivity index (χ3v) is 8.32. The standard InChI is InChI=1S/C7H17ClSSi/c1-3-10(8,4-2)7-5-6-9/h9H,3-7H2,1-2H3. The molecule has 3 heteroatoms. The lowest BCUT2D eigenvalue weighted by molar-refractivity contribution is 1.05. The van der Waals surface area contributed by atoms with E-state index in [1.54, 1.807) is 0 Å². The third-order valence-electron chi connectivity index (χ3n) is 2.05. The Hall–Kier alpha value is 0.857. The lowest BCUT2D eigenvalue weighted by Crippen LogP contribution is -2.23. The molecular formula is C7H17ClSSi. The van der Waals surface area contributed by atoms with Crippen LogP contribution in [0.15, 0.2) is 0 Å². The maximum Gasteiger partial charge on any atom is 0.156 e. The second-order valence-corrected chi connectivity index (χ2v) is 9.75. The lowest BCUT2D eigenvalue weighted by atomic mass is 10.6. The SMILES string of the molecule is CC[Si](Cl)(CC)CCCS. The van der Waals surface area contributed by atoms with E-state index in [-0.39, 0.29) is 0 Å². The van der Waals surface area contributed by atoms with Crippen molar-refractivity contribution in [1.82, 2.24) is 0 Å². The predicted octanol–water partition coefficient (Wildman–Crippen LogP) is 3.53. The number of halogens is 1. The summed E-state index contributed by atoms with van der Waals surface area (Å²) in [7, 11) is -1.29. The molecule has 0 heterocycles. The fourth-order valence-electron chi connectivity index (χ4n) is 0.999. The molecule has 0 bridgehead atoms. The maximum absolute atomic E-state index is 6.39. The van der Waals surface area contributed by atoms with Crippen LogP contribution in [0.25, 0.3) is 0 Å². The van der Waals surface area contributed by atoms with Crippen molar-refractivity contribution in [3.8, 4) is 0 Å². The first kappa shape index (κ1) is 10.9. The Kier molecular flexibility index (Phi) is 5.97. The summed E-state index contributed by atoms with van der Waals surface area (Å²) in [6.07, 6.45) is 1.19. The van der Waals surface area contributed by atoms with E-state index in [4.69, 9.17) is 11.1 Å². The summed E-state index contributed by atoms with van der Waals surface area (Å²) >= 11 is 10.6. The van der Waals surface area contributed by atoms with Gasteiger partial charge in [0.05, 0.1) is 0 Å². The van der Waals surface area contributed by atoms with E-state index in [0.717, 1.165) is 5.75 Å². The Morgan fingerprint density at radius 1 is 1.30 bits per heavy atom. The zero-order valence-corrected chi connectivity index (χ0v) is 9.51. The first-order chi connectivity index (χ1) is 4.68. The second kappa shape index (κ2) is 5.50. The highest BCUT2D eigenvalue weighted by Gasteiger charge is 2.24. The van der Waals surface area contributed by atoms with E-state index < -0.39 is 7.38 Å². The largest absolute Gasteiger partial charge is 0.179 e. The molecule has 62 valence electrons. The molecule has 0 aromatic carbocycles. The van der Waals surface area contributed by atoms with Gasteiger partial charge in [-0.3, -0.25) is 0 Å². The van der Waals surface area contributed by atoms with Crippen LogP contribution in [0.2, 0.25) is 18.1 Å². The molecule has 0 atom stereocenters. The molecule has 10 heavy (non-hydrogen) atoms. The van der Waals surface area contributed by atoms with Crippen molar-refractivity contribution in [2.75, 3.05) is 5.75 Å². The van der Waals surface area contributed by atoms with E-state index >= 15 is 0 Å². The van der Waals surface area contributed by atoms with Gasteiger partial charge in [0.15, 0.2) is 7.38 Å². The van der Waals surface area contributed by atoms with Gasteiger partial charge >= 0.3 is 0 Å². The highest BCUT2D eigenvalue weighted by Crippen LogP contribution is 2.26. The quantitative estimate of drug-likeness (QED) is 0.388. The van der Waals surface area contributed by atoms with Gasteiger partial charge in [-0.1, -0.05) is 13.8 Å². The van der Waals surface area contributed by atoms with Crippen LogP contribution in [0.4, 0.5) is 0 Å². The maximum atomic E-state index is 6.39. The van der Waals surface area contributed by atoms with E-state index in [2.05, 4.69) is 26.5 Å². The van der Waals surface area contributed by atoms with Gasteiger partial charge in [0.2, 0.25) is 0 Å². The molecule has 0 spiro atoms.